The van der Waals surface area contributed by atoms with E-state index >= 15 is 0 Å². The first-order valence-electron chi connectivity index (χ1n) is 6.83. The van der Waals surface area contributed by atoms with Crippen LogP contribution in [0.25, 0.3) is 0 Å². The predicted octanol–water partition coefficient (Wildman–Crippen LogP) is 0.811. The number of nitrogens with one attached hydrogen (secondary N) is 1. The molecule has 1 aromatic rings. The number of ether oxygens (including phenoxy) is 1. The quantitative estimate of drug-likeness (QED) is 0.717. The molecule has 0 spiro atoms. The molecule has 0 radical (unpaired) electrons. The molecule has 1 N–H and O–H groups in total. The number of nitrogens with zero attached hydrogens (tertiary/aromatic N) is 1. The van der Waals surface area contributed by atoms with Crippen LogP contribution in [-0.2, 0) is 14.3 Å². The number of rotatable bonds is 8. The molecule has 0 bridgehead atoms. The molecule has 0 saturated heterocycles. The lowest BCUT2D eigenvalue weighted by atomic mass is 10.3. The van der Waals surface area contributed by atoms with Gasteiger partial charge in [-0.1, -0.05) is 6.92 Å². The van der Waals surface area contributed by atoms with E-state index in [-0.39, 0.29) is 31.4 Å². The molecule has 1 heterocycles. The maximum Gasteiger partial charge on any atom is 0.325 e. The summed E-state index contributed by atoms with van der Waals surface area (Å²) < 4.78 is 9.74. The first-order valence-corrected chi connectivity index (χ1v) is 6.83. The molecule has 0 saturated carbocycles. The highest BCUT2D eigenvalue weighted by atomic mass is 16.5. The Morgan fingerprint density at radius 1 is 1.33 bits per heavy atom. The third-order valence-electron chi connectivity index (χ3n) is 2.62. The average molecular weight is 296 g/mol. The molecule has 0 atom stereocenters. The van der Waals surface area contributed by atoms with Gasteiger partial charge in [-0.25, -0.2) is 0 Å². The molecule has 1 aromatic heterocycles. The van der Waals surface area contributed by atoms with E-state index in [4.69, 9.17) is 9.15 Å². The predicted molar refractivity (Wildman–Crippen MR) is 74.5 cm³/mol. The highest BCUT2D eigenvalue weighted by Gasteiger charge is 2.18. The van der Waals surface area contributed by atoms with Gasteiger partial charge in [0.05, 0.1) is 19.4 Å². The van der Waals surface area contributed by atoms with Gasteiger partial charge in [0.2, 0.25) is 5.91 Å². The minimum atomic E-state index is -0.471. The summed E-state index contributed by atoms with van der Waals surface area (Å²) in [6.45, 7) is 3.98. The van der Waals surface area contributed by atoms with Gasteiger partial charge in [-0.2, -0.15) is 0 Å². The first-order chi connectivity index (χ1) is 10.1. The van der Waals surface area contributed by atoms with E-state index in [0.717, 1.165) is 0 Å². The minimum Gasteiger partial charge on any atom is -0.465 e. The molecule has 116 valence electrons. The summed E-state index contributed by atoms with van der Waals surface area (Å²) in [5, 5.41) is 2.45. The van der Waals surface area contributed by atoms with Crippen molar-refractivity contribution in [3.63, 3.8) is 0 Å². The second-order valence-corrected chi connectivity index (χ2v) is 4.28. The van der Waals surface area contributed by atoms with Gasteiger partial charge >= 0.3 is 5.97 Å². The molecule has 7 heteroatoms. The van der Waals surface area contributed by atoms with E-state index in [9.17, 15) is 14.4 Å². The molecule has 0 aliphatic heterocycles. The topological polar surface area (TPSA) is 88.9 Å². The van der Waals surface area contributed by atoms with E-state index in [1.807, 2.05) is 6.92 Å². The molecule has 7 nitrogen and oxygen atoms in total. The number of furan rings is 1. The summed E-state index contributed by atoms with van der Waals surface area (Å²) in [4.78, 5) is 36.5. The van der Waals surface area contributed by atoms with E-state index in [0.29, 0.717) is 13.0 Å². The van der Waals surface area contributed by atoms with Gasteiger partial charge in [0.15, 0.2) is 5.76 Å². The Labute approximate surface area is 123 Å². The van der Waals surface area contributed by atoms with Crippen LogP contribution in [0.1, 0.15) is 30.8 Å². The molecule has 2 amide bonds. The fourth-order valence-corrected chi connectivity index (χ4v) is 1.69. The van der Waals surface area contributed by atoms with Gasteiger partial charge in [0.1, 0.15) is 6.54 Å². The van der Waals surface area contributed by atoms with Gasteiger partial charge in [-0.05, 0) is 25.5 Å². The van der Waals surface area contributed by atoms with Crippen LogP contribution in [0.15, 0.2) is 22.8 Å². The summed E-state index contributed by atoms with van der Waals surface area (Å²) in [7, 11) is 0. The number of carbonyl (C=O) groups excluding carboxylic acids is 3. The van der Waals surface area contributed by atoms with Crippen molar-refractivity contribution in [2.75, 3.05) is 26.2 Å². The number of amides is 2. The minimum absolute atomic E-state index is 0.114. The van der Waals surface area contributed by atoms with Gasteiger partial charge < -0.3 is 19.4 Å². The van der Waals surface area contributed by atoms with Crippen molar-refractivity contribution in [1.29, 1.82) is 0 Å². The van der Waals surface area contributed by atoms with Crippen molar-refractivity contribution < 1.29 is 23.5 Å². The number of hydrogen-bond donors (Lipinski definition) is 1. The van der Waals surface area contributed by atoms with E-state index in [2.05, 4.69) is 5.32 Å². The molecular formula is C14H20N2O5. The Morgan fingerprint density at radius 3 is 2.67 bits per heavy atom. The van der Waals surface area contributed by atoms with E-state index in [1.54, 1.807) is 13.0 Å². The van der Waals surface area contributed by atoms with Crippen LogP contribution in [-0.4, -0.2) is 48.9 Å². The smallest absolute Gasteiger partial charge is 0.325 e. The van der Waals surface area contributed by atoms with Crippen LogP contribution in [0.5, 0.6) is 0 Å². The SMILES string of the molecule is CCCN(CC(=O)OCC)C(=O)CNC(=O)c1ccco1. The Hall–Kier alpha value is -2.31. The molecule has 21 heavy (non-hydrogen) atoms. The van der Waals surface area contributed by atoms with Gasteiger partial charge in [-0.15, -0.1) is 0 Å². The third kappa shape index (κ3) is 5.68. The summed E-state index contributed by atoms with van der Waals surface area (Å²) in [5.41, 5.74) is 0. The van der Waals surface area contributed by atoms with Crippen LogP contribution in [0, 0.1) is 0 Å². The monoisotopic (exact) mass is 296 g/mol. The van der Waals surface area contributed by atoms with Gasteiger partial charge in [0.25, 0.3) is 5.91 Å². The lowest BCUT2D eigenvalue weighted by Gasteiger charge is -2.21. The Balaban J connectivity index is 2.48. The zero-order valence-electron chi connectivity index (χ0n) is 12.3. The number of hydrogen-bond acceptors (Lipinski definition) is 5. The fraction of sp³-hybridized carbons (Fsp3) is 0.500. The zero-order chi connectivity index (χ0) is 15.7. The molecule has 0 unspecified atom stereocenters. The van der Waals surface area contributed by atoms with E-state index in [1.165, 1.54) is 17.2 Å². The fourth-order valence-electron chi connectivity index (χ4n) is 1.69. The van der Waals surface area contributed by atoms with Crippen LogP contribution >= 0.6 is 0 Å². The number of esters is 1. The standard InChI is InChI=1S/C14H20N2O5/c1-3-7-16(10-13(18)20-4-2)12(17)9-15-14(19)11-6-5-8-21-11/h5-6,8H,3-4,7,9-10H2,1-2H3,(H,15,19). The van der Waals surface area contributed by atoms with Crippen molar-refractivity contribution in [2.24, 2.45) is 0 Å². The largest absolute Gasteiger partial charge is 0.465 e. The number of carbonyl (C=O) groups is 3. The molecule has 0 aromatic carbocycles. The van der Waals surface area contributed by atoms with Crippen molar-refractivity contribution in [2.45, 2.75) is 20.3 Å². The van der Waals surface area contributed by atoms with Crippen molar-refractivity contribution in [3.8, 4) is 0 Å². The average Bonchev–Trinajstić information content (AvgIpc) is 2.98. The van der Waals surface area contributed by atoms with E-state index < -0.39 is 11.9 Å². The molecule has 1 rings (SSSR count). The van der Waals surface area contributed by atoms with Gasteiger partial charge in [-0.3, -0.25) is 14.4 Å². The lowest BCUT2D eigenvalue weighted by Crippen LogP contribution is -2.43. The Morgan fingerprint density at radius 2 is 2.10 bits per heavy atom. The Kier molecular flexibility index (Phi) is 7.00. The maximum atomic E-state index is 12.0. The summed E-state index contributed by atoms with van der Waals surface area (Å²) in [6.07, 6.45) is 2.08. The molecular weight excluding hydrogens is 276 g/mol. The lowest BCUT2D eigenvalue weighted by molar-refractivity contribution is -0.148. The summed E-state index contributed by atoms with van der Waals surface area (Å²) in [6, 6.07) is 3.09. The highest BCUT2D eigenvalue weighted by molar-refractivity contribution is 5.94. The van der Waals surface area contributed by atoms with Crippen LogP contribution in [0.4, 0.5) is 0 Å². The highest BCUT2D eigenvalue weighted by Crippen LogP contribution is 1.99. The van der Waals surface area contributed by atoms with Gasteiger partial charge in [0, 0.05) is 6.54 Å². The van der Waals surface area contributed by atoms with Crippen LogP contribution in [0.2, 0.25) is 0 Å². The molecule has 0 aliphatic carbocycles. The molecule has 0 aliphatic rings. The second-order valence-electron chi connectivity index (χ2n) is 4.28. The summed E-state index contributed by atoms with van der Waals surface area (Å²) >= 11 is 0. The van der Waals surface area contributed by atoms with Crippen LogP contribution in [0.3, 0.4) is 0 Å². The molecule has 0 fully saturated rings. The van der Waals surface area contributed by atoms with Crippen molar-refractivity contribution in [3.05, 3.63) is 24.2 Å². The third-order valence-corrected chi connectivity index (χ3v) is 2.62. The van der Waals surface area contributed by atoms with Crippen molar-refractivity contribution in [1.82, 2.24) is 10.2 Å². The normalized spacial score (nSPS) is 10.0. The zero-order valence-corrected chi connectivity index (χ0v) is 12.3. The first kappa shape index (κ1) is 16.7. The van der Waals surface area contributed by atoms with Crippen molar-refractivity contribution >= 4 is 17.8 Å². The maximum absolute atomic E-state index is 12.0. The summed E-state index contributed by atoms with van der Waals surface area (Å²) in [5.74, 6) is -1.14. The van der Waals surface area contributed by atoms with Crippen LogP contribution < -0.4 is 5.32 Å². The Bertz CT molecular complexity index is 470. The second kappa shape index (κ2) is 8.78.